The van der Waals surface area contributed by atoms with Crippen molar-refractivity contribution in [2.45, 2.75) is 45.8 Å². The molecule has 0 spiro atoms. The molecule has 2 atom stereocenters. The summed E-state index contributed by atoms with van der Waals surface area (Å²) in [6, 6.07) is 3.27. The van der Waals surface area contributed by atoms with Gasteiger partial charge in [-0.25, -0.2) is 0 Å². The molecule has 0 aliphatic carbocycles. The van der Waals surface area contributed by atoms with Gasteiger partial charge in [0.25, 0.3) is 0 Å². The second-order valence-electron chi connectivity index (χ2n) is 5.34. The van der Waals surface area contributed by atoms with E-state index in [1.54, 1.807) is 0 Å². The maximum Gasteiger partial charge on any atom is 0.0765 e. The number of rotatable bonds is 4. The van der Waals surface area contributed by atoms with Gasteiger partial charge in [0.1, 0.15) is 0 Å². The van der Waals surface area contributed by atoms with E-state index in [0.717, 1.165) is 17.8 Å². The highest BCUT2D eigenvalue weighted by Gasteiger charge is 2.30. The first-order valence-electron chi connectivity index (χ1n) is 6.46. The number of halogens is 1. The van der Waals surface area contributed by atoms with E-state index in [-0.39, 0.29) is 0 Å². The van der Waals surface area contributed by atoms with Crippen LogP contribution in [0.3, 0.4) is 0 Å². The van der Waals surface area contributed by atoms with Gasteiger partial charge >= 0.3 is 0 Å². The van der Waals surface area contributed by atoms with E-state index in [0.29, 0.717) is 12.1 Å². The minimum absolute atomic E-state index is 0.452. The Balaban J connectivity index is 2.00. The summed E-state index contributed by atoms with van der Waals surface area (Å²) in [5.74, 6) is 0.793. The molecule has 0 N–H and O–H groups in total. The lowest BCUT2D eigenvalue weighted by molar-refractivity contribution is 0.240. The fourth-order valence-electron chi connectivity index (χ4n) is 2.49. The van der Waals surface area contributed by atoms with Crippen molar-refractivity contribution < 1.29 is 0 Å². The third-order valence-corrected chi connectivity index (χ3v) is 4.38. The first-order valence-corrected chi connectivity index (χ1v) is 7.58. The van der Waals surface area contributed by atoms with Gasteiger partial charge in [-0.1, -0.05) is 22.9 Å². The van der Waals surface area contributed by atoms with Crippen molar-refractivity contribution in [3.05, 3.63) is 18.0 Å². The van der Waals surface area contributed by atoms with Crippen molar-refractivity contribution >= 4 is 15.9 Å². The van der Waals surface area contributed by atoms with Crippen LogP contribution in [0.2, 0.25) is 0 Å². The Morgan fingerprint density at radius 1 is 1.53 bits per heavy atom. The van der Waals surface area contributed by atoms with Crippen molar-refractivity contribution in [2.75, 3.05) is 11.9 Å². The molecule has 3 nitrogen and oxygen atoms in total. The van der Waals surface area contributed by atoms with Gasteiger partial charge in [-0.3, -0.25) is 9.58 Å². The molecule has 17 heavy (non-hydrogen) atoms. The monoisotopic (exact) mass is 299 g/mol. The van der Waals surface area contributed by atoms with Crippen molar-refractivity contribution in [1.82, 2.24) is 14.7 Å². The third-order valence-electron chi connectivity index (χ3n) is 3.71. The number of alkyl halides is 1. The minimum atomic E-state index is 0.452. The SMILES string of the molecule is CC1CCN(Cc2ccn(C(C)C)n2)C1CBr. The summed E-state index contributed by atoms with van der Waals surface area (Å²) in [4.78, 5) is 2.55. The number of aromatic nitrogens is 2. The van der Waals surface area contributed by atoms with E-state index in [1.807, 2.05) is 4.68 Å². The smallest absolute Gasteiger partial charge is 0.0765 e. The Morgan fingerprint density at radius 2 is 2.29 bits per heavy atom. The normalized spacial score (nSPS) is 25.9. The van der Waals surface area contributed by atoms with Gasteiger partial charge in [0.15, 0.2) is 0 Å². The van der Waals surface area contributed by atoms with Crippen LogP contribution in [0.4, 0.5) is 0 Å². The molecule has 1 aromatic heterocycles. The van der Waals surface area contributed by atoms with Crippen LogP contribution < -0.4 is 0 Å². The van der Waals surface area contributed by atoms with Crippen molar-refractivity contribution in [2.24, 2.45) is 5.92 Å². The average Bonchev–Trinajstić information content (AvgIpc) is 2.87. The van der Waals surface area contributed by atoms with Gasteiger partial charge in [0, 0.05) is 30.2 Å². The van der Waals surface area contributed by atoms with Gasteiger partial charge in [-0.05, 0) is 38.8 Å². The Bertz CT molecular complexity index is 361. The summed E-state index contributed by atoms with van der Waals surface area (Å²) >= 11 is 3.63. The standard InChI is InChI=1S/C13H22BrN3/c1-10(2)17-7-5-12(15-17)9-16-6-4-11(3)13(16)8-14/h5,7,10-11,13H,4,6,8-9H2,1-3H3. The van der Waals surface area contributed by atoms with Crippen LogP contribution in [0, 0.1) is 5.92 Å². The number of likely N-dealkylation sites (tertiary alicyclic amines) is 1. The summed E-state index contributed by atoms with van der Waals surface area (Å²) in [6.07, 6.45) is 3.39. The molecular formula is C13H22BrN3. The van der Waals surface area contributed by atoms with Gasteiger partial charge in [-0.2, -0.15) is 5.10 Å². The molecule has 2 rings (SSSR count). The highest BCUT2D eigenvalue weighted by atomic mass is 79.9. The van der Waals surface area contributed by atoms with Crippen molar-refractivity contribution in [3.8, 4) is 0 Å². The van der Waals surface area contributed by atoms with E-state index in [1.165, 1.54) is 18.7 Å². The Kier molecular flexibility index (Phi) is 4.26. The Hall–Kier alpha value is -0.350. The fourth-order valence-corrected chi connectivity index (χ4v) is 3.54. The van der Waals surface area contributed by atoms with Crippen molar-refractivity contribution in [1.29, 1.82) is 0 Å². The predicted octanol–water partition coefficient (Wildman–Crippen LogP) is 3.07. The molecule has 1 aromatic rings. The molecule has 0 saturated carbocycles. The maximum absolute atomic E-state index is 4.63. The molecule has 0 bridgehead atoms. The molecule has 2 unspecified atom stereocenters. The minimum Gasteiger partial charge on any atom is -0.293 e. The lowest BCUT2D eigenvalue weighted by Crippen LogP contribution is -2.33. The largest absolute Gasteiger partial charge is 0.293 e. The van der Waals surface area contributed by atoms with Gasteiger partial charge < -0.3 is 0 Å². The fraction of sp³-hybridized carbons (Fsp3) is 0.769. The number of hydrogen-bond acceptors (Lipinski definition) is 2. The topological polar surface area (TPSA) is 21.1 Å². The molecule has 2 heterocycles. The second-order valence-corrected chi connectivity index (χ2v) is 5.99. The van der Waals surface area contributed by atoms with E-state index in [2.05, 4.69) is 59.0 Å². The quantitative estimate of drug-likeness (QED) is 0.797. The summed E-state index contributed by atoms with van der Waals surface area (Å²) in [6.45, 7) is 8.86. The van der Waals surface area contributed by atoms with Crippen LogP contribution in [0.25, 0.3) is 0 Å². The van der Waals surface area contributed by atoms with Crippen LogP contribution in [0.1, 0.15) is 38.9 Å². The maximum atomic E-state index is 4.63. The van der Waals surface area contributed by atoms with Crippen LogP contribution in [0.15, 0.2) is 12.3 Å². The molecule has 0 aromatic carbocycles. The van der Waals surface area contributed by atoms with Crippen LogP contribution >= 0.6 is 15.9 Å². The molecule has 96 valence electrons. The molecule has 1 aliphatic rings. The highest BCUT2D eigenvalue weighted by Crippen LogP contribution is 2.26. The molecule has 1 saturated heterocycles. The molecule has 1 fully saturated rings. The Morgan fingerprint density at radius 3 is 2.88 bits per heavy atom. The molecule has 0 amide bonds. The average molecular weight is 300 g/mol. The van der Waals surface area contributed by atoms with Crippen LogP contribution in [-0.4, -0.2) is 32.6 Å². The Labute approximate surface area is 112 Å². The zero-order valence-corrected chi connectivity index (χ0v) is 12.5. The summed E-state index contributed by atoms with van der Waals surface area (Å²) in [5, 5.41) is 5.70. The van der Waals surface area contributed by atoms with E-state index in [4.69, 9.17) is 0 Å². The zero-order valence-electron chi connectivity index (χ0n) is 10.9. The molecule has 0 radical (unpaired) electrons. The van der Waals surface area contributed by atoms with E-state index >= 15 is 0 Å². The van der Waals surface area contributed by atoms with Gasteiger partial charge in [-0.15, -0.1) is 0 Å². The first kappa shape index (κ1) is 13.1. The third kappa shape index (κ3) is 2.91. The number of hydrogen-bond donors (Lipinski definition) is 0. The van der Waals surface area contributed by atoms with E-state index < -0.39 is 0 Å². The summed E-state index contributed by atoms with van der Waals surface area (Å²) < 4.78 is 2.04. The highest BCUT2D eigenvalue weighted by molar-refractivity contribution is 9.09. The summed E-state index contributed by atoms with van der Waals surface area (Å²) in [5.41, 5.74) is 1.19. The first-order chi connectivity index (χ1) is 8.11. The second kappa shape index (κ2) is 5.53. The lowest BCUT2D eigenvalue weighted by atomic mass is 10.1. The van der Waals surface area contributed by atoms with Crippen molar-refractivity contribution in [3.63, 3.8) is 0 Å². The molecular weight excluding hydrogens is 278 g/mol. The van der Waals surface area contributed by atoms with Crippen LogP contribution in [0.5, 0.6) is 0 Å². The van der Waals surface area contributed by atoms with E-state index in [9.17, 15) is 0 Å². The molecule has 1 aliphatic heterocycles. The lowest BCUT2D eigenvalue weighted by Gasteiger charge is -2.24. The molecule has 4 heteroatoms. The predicted molar refractivity (Wildman–Crippen MR) is 74.4 cm³/mol. The van der Waals surface area contributed by atoms with Gasteiger partial charge in [0.05, 0.1) is 5.69 Å². The number of nitrogens with zero attached hydrogens (tertiary/aromatic N) is 3. The van der Waals surface area contributed by atoms with Crippen LogP contribution in [-0.2, 0) is 6.54 Å². The summed E-state index contributed by atoms with van der Waals surface area (Å²) in [7, 11) is 0. The zero-order chi connectivity index (χ0) is 12.4. The van der Waals surface area contributed by atoms with Gasteiger partial charge in [0.2, 0.25) is 0 Å².